The van der Waals surface area contributed by atoms with Gasteiger partial charge in [0, 0.05) is 35.8 Å². The molecule has 118 valence electrons. The maximum Gasteiger partial charge on any atom is 0.107 e. The van der Waals surface area contributed by atoms with Crippen LogP contribution in [-0.2, 0) is 4.74 Å². The fourth-order valence-corrected chi connectivity index (χ4v) is 3.51. The molecule has 0 amide bonds. The predicted octanol–water partition coefficient (Wildman–Crippen LogP) is 3.68. The van der Waals surface area contributed by atoms with Crippen LogP contribution in [0.2, 0.25) is 0 Å². The summed E-state index contributed by atoms with van der Waals surface area (Å²) in [7, 11) is 1.73. The lowest BCUT2D eigenvalue weighted by Crippen LogP contribution is -2.38. The van der Waals surface area contributed by atoms with Gasteiger partial charge in [0.15, 0.2) is 0 Å². The van der Waals surface area contributed by atoms with E-state index in [0.717, 1.165) is 35.5 Å². The molecule has 0 spiro atoms. The van der Waals surface area contributed by atoms with E-state index in [4.69, 9.17) is 22.7 Å². The van der Waals surface area contributed by atoms with Crippen LogP contribution in [0.25, 0.3) is 0 Å². The average molecular weight is 327 g/mol. The Kier molecular flexibility index (Phi) is 8.07. The minimum atomic E-state index is 0.461. The zero-order valence-electron chi connectivity index (χ0n) is 13.4. The third-order valence-electron chi connectivity index (χ3n) is 3.70. The number of methoxy groups -OCH3 is 1. The second-order valence-electron chi connectivity index (χ2n) is 4.88. The lowest BCUT2D eigenvalue weighted by Gasteiger charge is -2.34. The van der Waals surface area contributed by atoms with Crippen LogP contribution in [0.5, 0.6) is 0 Å². The van der Waals surface area contributed by atoms with E-state index in [2.05, 4.69) is 43.2 Å². The van der Waals surface area contributed by atoms with Crippen molar-refractivity contribution in [1.29, 1.82) is 0 Å². The Labute approximate surface area is 138 Å². The number of hydrogen-bond acceptors (Lipinski definition) is 4. The topological polar surface area (TPSA) is 38.5 Å². The van der Waals surface area contributed by atoms with Crippen LogP contribution in [0, 0.1) is 0 Å². The number of nitrogens with zero attached hydrogens (tertiary/aromatic N) is 1. The summed E-state index contributed by atoms with van der Waals surface area (Å²) >= 11 is 6.98. The fraction of sp³-hybridized carbons (Fsp3) is 0.562. The van der Waals surface area contributed by atoms with Gasteiger partial charge in [-0.05, 0) is 31.2 Å². The molecule has 0 aliphatic carbocycles. The van der Waals surface area contributed by atoms with Crippen LogP contribution in [0.1, 0.15) is 32.3 Å². The van der Waals surface area contributed by atoms with Crippen LogP contribution in [0.3, 0.4) is 0 Å². The summed E-state index contributed by atoms with van der Waals surface area (Å²) in [5.74, 6) is 0. The zero-order chi connectivity index (χ0) is 15.8. The highest BCUT2D eigenvalue weighted by Crippen LogP contribution is 2.31. The minimum Gasteiger partial charge on any atom is -0.389 e. The maximum absolute atomic E-state index is 6.00. The molecule has 1 aromatic carbocycles. The minimum absolute atomic E-state index is 0.461. The Morgan fingerprint density at radius 2 is 2.05 bits per heavy atom. The third kappa shape index (κ3) is 4.59. The van der Waals surface area contributed by atoms with E-state index in [1.165, 1.54) is 0 Å². The van der Waals surface area contributed by atoms with Gasteiger partial charge < -0.3 is 15.4 Å². The van der Waals surface area contributed by atoms with Crippen molar-refractivity contribution in [2.45, 2.75) is 37.6 Å². The number of anilines is 1. The molecule has 3 nitrogen and oxygen atoms in total. The van der Waals surface area contributed by atoms with E-state index < -0.39 is 0 Å². The first-order chi connectivity index (χ1) is 10.1. The SMILES string of the molecule is CCC(CC)N(CCOC)c1cccc(SC)c1C(N)=S. The second kappa shape index (κ2) is 9.28. The normalized spacial score (nSPS) is 10.9. The standard InChI is InChI=1S/C16H26N2OS2/c1-5-12(6-2)18(10-11-19-3)13-8-7-9-14(21-4)15(13)16(17)20/h7-9,12H,5-6,10-11H2,1-4H3,(H2,17,20). The van der Waals surface area contributed by atoms with Crippen molar-refractivity contribution < 1.29 is 4.74 Å². The molecule has 5 heteroatoms. The molecule has 0 aliphatic rings. The molecular weight excluding hydrogens is 300 g/mol. The number of thiocarbonyl (C=S) groups is 1. The van der Waals surface area contributed by atoms with Crippen molar-refractivity contribution in [3.8, 4) is 0 Å². The Balaban J connectivity index is 3.31. The molecule has 0 saturated carbocycles. The van der Waals surface area contributed by atoms with Crippen molar-refractivity contribution >= 4 is 34.7 Å². The second-order valence-corrected chi connectivity index (χ2v) is 6.16. The van der Waals surface area contributed by atoms with E-state index >= 15 is 0 Å². The molecule has 2 N–H and O–H groups in total. The maximum atomic E-state index is 6.00. The van der Waals surface area contributed by atoms with Crippen LogP contribution >= 0.6 is 24.0 Å². The summed E-state index contributed by atoms with van der Waals surface area (Å²) in [6, 6.07) is 6.72. The highest BCUT2D eigenvalue weighted by molar-refractivity contribution is 7.98. The molecule has 0 heterocycles. The van der Waals surface area contributed by atoms with E-state index in [9.17, 15) is 0 Å². The summed E-state index contributed by atoms with van der Waals surface area (Å²) in [5, 5.41) is 0. The molecule has 0 saturated heterocycles. The summed E-state index contributed by atoms with van der Waals surface area (Å²) in [6.07, 6.45) is 4.22. The summed E-state index contributed by atoms with van der Waals surface area (Å²) in [6.45, 7) is 5.97. The monoisotopic (exact) mass is 326 g/mol. The molecule has 0 aromatic heterocycles. The molecule has 0 radical (unpaired) electrons. The van der Waals surface area contributed by atoms with Gasteiger partial charge in [0.25, 0.3) is 0 Å². The van der Waals surface area contributed by atoms with Gasteiger partial charge in [-0.1, -0.05) is 32.1 Å². The first-order valence-electron chi connectivity index (χ1n) is 7.32. The molecule has 0 aliphatic heterocycles. The van der Waals surface area contributed by atoms with Gasteiger partial charge in [-0.2, -0.15) is 0 Å². The third-order valence-corrected chi connectivity index (χ3v) is 4.68. The van der Waals surface area contributed by atoms with Gasteiger partial charge in [-0.15, -0.1) is 11.8 Å². The van der Waals surface area contributed by atoms with Crippen molar-refractivity contribution in [3.05, 3.63) is 23.8 Å². The predicted molar refractivity (Wildman–Crippen MR) is 97.7 cm³/mol. The van der Waals surface area contributed by atoms with Gasteiger partial charge >= 0.3 is 0 Å². The lowest BCUT2D eigenvalue weighted by molar-refractivity contribution is 0.202. The van der Waals surface area contributed by atoms with Crippen molar-refractivity contribution in [2.75, 3.05) is 31.4 Å². The Morgan fingerprint density at radius 1 is 1.38 bits per heavy atom. The number of hydrogen-bond donors (Lipinski definition) is 1. The number of benzene rings is 1. The number of nitrogens with two attached hydrogens (primary N) is 1. The van der Waals surface area contributed by atoms with Crippen LogP contribution in [0.15, 0.2) is 23.1 Å². The van der Waals surface area contributed by atoms with E-state index in [-0.39, 0.29) is 0 Å². The van der Waals surface area contributed by atoms with Crippen molar-refractivity contribution in [1.82, 2.24) is 0 Å². The van der Waals surface area contributed by atoms with Gasteiger partial charge in [0.1, 0.15) is 4.99 Å². The van der Waals surface area contributed by atoms with Gasteiger partial charge in [0.05, 0.1) is 6.61 Å². The Bertz CT molecular complexity index is 462. The fourth-order valence-electron chi connectivity index (χ4n) is 2.60. The molecular formula is C16H26N2OS2. The molecule has 1 rings (SSSR count). The Morgan fingerprint density at radius 3 is 2.52 bits per heavy atom. The number of thioether (sulfide) groups is 1. The van der Waals surface area contributed by atoms with E-state index in [1.54, 1.807) is 18.9 Å². The van der Waals surface area contributed by atoms with Crippen LogP contribution in [-0.4, -0.2) is 37.5 Å². The lowest BCUT2D eigenvalue weighted by atomic mass is 10.1. The highest BCUT2D eigenvalue weighted by Gasteiger charge is 2.21. The summed E-state index contributed by atoms with van der Waals surface area (Å²) < 4.78 is 5.28. The van der Waals surface area contributed by atoms with Gasteiger partial charge in [-0.25, -0.2) is 0 Å². The van der Waals surface area contributed by atoms with Gasteiger partial charge in [0.2, 0.25) is 0 Å². The zero-order valence-corrected chi connectivity index (χ0v) is 15.0. The van der Waals surface area contributed by atoms with Crippen LogP contribution in [0.4, 0.5) is 5.69 Å². The average Bonchev–Trinajstić information content (AvgIpc) is 2.50. The molecule has 0 atom stereocenters. The van der Waals surface area contributed by atoms with Crippen LogP contribution < -0.4 is 10.6 Å². The molecule has 21 heavy (non-hydrogen) atoms. The summed E-state index contributed by atoms with van der Waals surface area (Å²) in [5.41, 5.74) is 8.11. The quantitative estimate of drug-likeness (QED) is 0.553. The summed E-state index contributed by atoms with van der Waals surface area (Å²) in [4.78, 5) is 3.98. The van der Waals surface area contributed by atoms with E-state index in [1.807, 2.05) is 0 Å². The van der Waals surface area contributed by atoms with E-state index in [0.29, 0.717) is 17.6 Å². The first-order valence-corrected chi connectivity index (χ1v) is 8.96. The highest BCUT2D eigenvalue weighted by atomic mass is 32.2. The van der Waals surface area contributed by atoms with Gasteiger partial charge in [-0.3, -0.25) is 0 Å². The number of ether oxygens (including phenoxy) is 1. The number of rotatable bonds is 9. The molecule has 1 aromatic rings. The molecule has 0 unspecified atom stereocenters. The molecule has 0 fully saturated rings. The smallest absolute Gasteiger partial charge is 0.107 e. The van der Waals surface area contributed by atoms with Crippen molar-refractivity contribution in [3.63, 3.8) is 0 Å². The largest absolute Gasteiger partial charge is 0.389 e. The molecule has 0 bridgehead atoms. The first kappa shape index (κ1) is 18.3. The Hall–Kier alpha value is -0.780. The van der Waals surface area contributed by atoms with Crippen molar-refractivity contribution in [2.24, 2.45) is 5.73 Å².